The molecule has 1 saturated heterocycles. The molecule has 0 radical (unpaired) electrons. The number of nitrogens with one attached hydrogen (secondary N) is 2. The predicted molar refractivity (Wildman–Crippen MR) is 118 cm³/mol. The maximum atomic E-state index is 12.6. The third-order valence-electron chi connectivity index (χ3n) is 5.91. The first kappa shape index (κ1) is 21.4. The van der Waals surface area contributed by atoms with Gasteiger partial charge in [-0.15, -0.1) is 0 Å². The summed E-state index contributed by atoms with van der Waals surface area (Å²) in [4.78, 5) is 13.8. The molecule has 7 nitrogen and oxygen atoms in total. The molecular formula is C23H23F3N6O. The van der Waals surface area contributed by atoms with Gasteiger partial charge >= 0.3 is 6.18 Å². The quantitative estimate of drug-likeness (QED) is 0.436. The number of alkyl halides is 3. The zero-order valence-corrected chi connectivity index (χ0v) is 17.8. The Balaban J connectivity index is 1.09. The topological polar surface area (TPSA) is 82.9 Å². The van der Waals surface area contributed by atoms with Crippen molar-refractivity contribution in [1.29, 1.82) is 0 Å². The number of hydrogen-bond donors (Lipinski definition) is 2. The summed E-state index contributed by atoms with van der Waals surface area (Å²) in [5.41, 5.74) is 3.57. The molecule has 172 valence electrons. The minimum Gasteiger partial charge on any atom is -0.353 e. The van der Waals surface area contributed by atoms with Crippen LogP contribution in [-0.4, -0.2) is 50.7 Å². The van der Waals surface area contributed by atoms with E-state index >= 15 is 0 Å². The smallest absolute Gasteiger partial charge is 0.353 e. The Bertz CT molecular complexity index is 1180. The first-order valence-corrected chi connectivity index (χ1v) is 10.9. The summed E-state index contributed by atoms with van der Waals surface area (Å²) >= 11 is 0. The lowest BCUT2D eigenvalue weighted by atomic mass is 10.0. The van der Waals surface area contributed by atoms with E-state index in [9.17, 15) is 13.2 Å². The van der Waals surface area contributed by atoms with Crippen LogP contribution in [0.4, 0.5) is 19.1 Å². The molecule has 0 unspecified atom stereocenters. The van der Waals surface area contributed by atoms with Crippen molar-refractivity contribution < 1.29 is 17.7 Å². The summed E-state index contributed by atoms with van der Waals surface area (Å²) in [5, 5.41) is 6.51. The van der Waals surface area contributed by atoms with Crippen molar-refractivity contribution in [3.05, 3.63) is 59.9 Å². The Labute approximate surface area is 188 Å². The minimum atomic E-state index is -4.61. The van der Waals surface area contributed by atoms with Crippen molar-refractivity contribution >= 4 is 17.0 Å². The van der Waals surface area contributed by atoms with Gasteiger partial charge in [0.25, 0.3) is 11.7 Å². The molecule has 2 aromatic heterocycles. The van der Waals surface area contributed by atoms with E-state index in [2.05, 4.69) is 30.3 Å². The summed E-state index contributed by atoms with van der Waals surface area (Å²) in [6.45, 7) is 2.92. The van der Waals surface area contributed by atoms with Crippen molar-refractivity contribution in [3.8, 4) is 11.5 Å². The Morgan fingerprint density at radius 2 is 1.79 bits per heavy atom. The third kappa shape index (κ3) is 5.00. The minimum absolute atomic E-state index is 0.132. The average Bonchev–Trinajstić information content (AvgIpc) is 3.46. The number of piperidine rings is 1. The molecule has 3 heterocycles. The fraction of sp³-hybridized carbons (Fsp3) is 0.348. The van der Waals surface area contributed by atoms with Crippen LogP contribution in [0.3, 0.4) is 0 Å². The van der Waals surface area contributed by atoms with Gasteiger partial charge < -0.3 is 19.7 Å². The van der Waals surface area contributed by atoms with Crippen LogP contribution in [0.25, 0.3) is 22.5 Å². The largest absolute Gasteiger partial charge is 0.455 e. The van der Waals surface area contributed by atoms with E-state index in [1.54, 1.807) is 12.1 Å². The highest BCUT2D eigenvalue weighted by Gasteiger charge is 2.37. The third-order valence-corrected chi connectivity index (χ3v) is 5.91. The molecule has 1 aliphatic heterocycles. The number of rotatable bonds is 6. The van der Waals surface area contributed by atoms with Crippen LogP contribution in [0.2, 0.25) is 0 Å². The van der Waals surface area contributed by atoms with E-state index in [1.165, 1.54) is 0 Å². The highest BCUT2D eigenvalue weighted by atomic mass is 19.4. The molecule has 2 N–H and O–H groups in total. The van der Waals surface area contributed by atoms with Crippen molar-refractivity contribution in [1.82, 2.24) is 25.0 Å². The number of nitrogens with zero attached hydrogens (tertiary/aromatic N) is 4. The molecule has 0 atom stereocenters. The Hall–Kier alpha value is -3.40. The van der Waals surface area contributed by atoms with Crippen LogP contribution in [0.5, 0.6) is 0 Å². The number of para-hydroxylation sites is 2. The summed E-state index contributed by atoms with van der Waals surface area (Å²) in [6.07, 6.45) is -1.68. The Morgan fingerprint density at radius 1 is 1.03 bits per heavy atom. The number of halogens is 3. The highest BCUT2D eigenvalue weighted by molar-refractivity contribution is 5.77. The first-order chi connectivity index (χ1) is 15.9. The lowest BCUT2D eigenvalue weighted by Gasteiger charge is -2.32. The molecule has 0 amide bonds. The molecule has 2 aromatic carbocycles. The molecule has 4 aromatic rings. The van der Waals surface area contributed by atoms with Gasteiger partial charge in [0.15, 0.2) is 0 Å². The summed E-state index contributed by atoms with van der Waals surface area (Å²) in [6, 6.07) is 15.6. The number of imidazole rings is 1. The fourth-order valence-electron chi connectivity index (χ4n) is 4.07. The first-order valence-electron chi connectivity index (χ1n) is 10.9. The number of aromatic nitrogens is 4. The lowest BCUT2D eigenvalue weighted by Crippen LogP contribution is -2.40. The van der Waals surface area contributed by atoms with Crippen LogP contribution in [0, 0.1) is 0 Å². The van der Waals surface area contributed by atoms with Crippen LogP contribution in [-0.2, 0) is 12.6 Å². The van der Waals surface area contributed by atoms with Crippen molar-refractivity contribution in [2.24, 2.45) is 0 Å². The normalized spacial score (nSPS) is 15.8. The van der Waals surface area contributed by atoms with E-state index in [1.807, 2.05) is 36.4 Å². The number of anilines is 1. The number of hydrogen-bond acceptors (Lipinski definition) is 6. The van der Waals surface area contributed by atoms with Crippen molar-refractivity contribution in [2.45, 2.75) is 31.5 Å². The van der Waals surface area contributed by atoms with Crippen LogP contribution >= 0.6 is 0 Å². The van der Waals surface area contributed by atoms with Gasteiger partial charge in [-0.2, -0.15) is 18.2 Å². The lowest BCUT2D eigenvalue weighted by molar-refractivity contribution is -0.146. The number of likely N-dealkylation sites (tertiary alicyclic amines) is 1. The van der Waals surface area contributed by atoms with Crippen LogP contribution < -0.4 is 5.32 Å². The monoisotopic (exact) mass is 456 g/mol. The number of aromatic amines is 1. The second kappa shape index (κ2) is 8.86. The van der Waals surface area contributed by atoms with Gasteiger partial charge in [-0.05, 0) is 49.1 Å². The SMILES string of the molecule is FC(F)(F)c1noc(-c2ccc(CCN3CCC(Nc4nc5ccccc5[nH]4)CC3)cc2)n1. The van der Waals surface area contributed by atoms with Gasteiger partial charge in [-0.25, -0.2) is 4.98 Å². The standard InChI is InChI=1S/C23H23F3N6O/c24-23(25,26)21-30-20(33-31-21)16-7-5-15(6-8-16)9-12-32-13-10-17(11-14-32)27-22-28-18-3-1-2-4-19(18)29-22/h1-8,17H,9-14H2,(H2,27,28,29). The second-order valence-electron chi connectivity index (χ2n) is 8.23. The van der Waals surface area contributed by atoms with E-state index in [-0.39, 0.29) is 5.89 Å². The maximum Gasteiger partial charge on any atom is 0.455 e. The van der Waals surface area contributed by atoms with Gasteiger partial charge in [0.1, 0.15) is 0 Å². The van der Waals surface area contributed by atoms with E-state index in [4.69, 9.17) is 4.52 Å². The molecule has 33 heavy (non-hydrogen) atoms. The van der Waals surface area contributed by atoms with Gasteiger partial charge in [0.05, 0.1) is 11.0 Å². The fourth-order valence-corrected chi connectivity index (χ4v) is 4.07. The predicted octanol–water partition coefficient (Wildman–Crippen LogP) is 4.75. The molecular weight excluding hydrogens is 433 g/mol. The molecule has 0 aliphatic carbocycles. The van der Waals surface area contributed by atoms with Crippen LogP contribution in [0.15, 0.2) is 53.1 Å². The van der Waals surface area contributed by atoms with Crippen molar-refractivity contribution in [3.63, 3.8) is 0 Å². The van der Waals surface area contributed by atoms with E-state index in [0.717, 1.165) is 61.4 Å². The molecule has 0 spiro atoms. The molecule has 1 aliphatic rings. The van der Waals surface area contributed by atoms with Gasteiger partial charge in [0, 0.05) is 31.2 Å². The van der Waals surface area contributed by atoms with Gasteiger partial charge in [-0.3, -0.25) is 0 Å². The van der Waals surface area contributed by atoms with Gasteiger partial charge in [-0.1, -0.05) is 29.4 Å². The summed E-state index contributed by atoms with van der Waals surface area (Å²) < 4.78 is 42.7. The molecule has 10 heteroatoms. The Kier molecular flexibility index (Phi) is 5.76. The number of fused-ring (bicyclic) bond motifs is 1. The summed E-state index contributed by atoms with van der Waals surface area (Å²) in [5.74, 6) is -0.578. The van der Waals surface area contributed by atoms with E-state index < -0.39 is 12.0 Å². The summed E-state index contributed by atoms with van der Waals surface area (Å²) in [7, 11) is 0. The zero-order chi connectivity index (χ0) is 22.8. The zero-order valence-electron chi connectivity index (χ0n) is 17.8. The van der Waals surface area contributed by atoms with Crippen LogP contribution in [0.1, 0.15) is 24.2 Å². The van der Waals surface area contributed by atoms with Crippen molar-refractivity contribution in [2.75, 3.05) is 25.0 Å². The maximum absolute atomic E-state index is 12.6. The molecule has 5 rings (SSSR count). The molecule has 0 bridgehead atoms. The number of H-pyrrole nitrogens is 1. The average molecular weight is 456 g/mol. The Morgan fingerprint density at radius 3 is 2.48 bits per heavy atom. The van der Waals surface area contributed by atoms with E-state index in [0.29, 0.717) is 11.6 Å². The number of benzene rings is 2. The highest BCUT2D eigenvalue weighted by Crippen LogP contribution is 2.29. The molecule has 0 saturated carbocycles. The second-order valence-corrected chi connectivity index (χ2v) is 8.23. The van der Waals surface area contributed by atoms with Gasteiger partial charge in [0.2, 0.25) is 5.95 Å². The molecule has 1 fully saturated rings.